The summed E-state index contributed by atoms with van der Waals surface area (Å²) >= 11 is 0. The molecule has 2 aromatic carbocycles. The van der Waals surface area contributed by atoms with Crippen LogP contribution in [0.5, 0.6) is 5.75 Å². The van der Waals surface area contributed by atoms with Crippen molar-refractivity contribution in [2.75, 3.05) is 19.7 Å². The fourth-order valence-corrected chi connectivity index (χ4v) is 2.94. The van der Waals surface area contributed by atoms with Crippen molar-refractivity contribution in [2.24, 2.45) is 0 Å². The Morgan fingerprint density at radius 1 is 1.09 bits per heavy atom. The van der Waals surface area contributed by atoms with Crippen molar-refractivity contribution < 1.29 is 9.53 Å². The lowest BCUT2D eigenvalue weighted by atomic mass is 9.99. The first-order valence-corrected chi connectivity index (χ1v) is 8.31. The van der Waals surface area contributed by atoms with Crippen LogP contribution in [0.3, 0.4) is 0 Å². The fraction of sp³-hybridized carbons (Fsp3) is 0.350. The third-order valence-electron chi connectivity index (χ3n) is 4.23. The zero-order valence-electron chi connectivity index (χ0n) is 13.6. The smallest absolute Gasteiger partial charge is 0.176 e. The minimum absolute atomic E-state index is 0.173. The number of carbonyl (C=O) groups excluding carboxylic acids is 1. The van der Waals surface area contributed by atoms with Gasteiger partial charge in [-0.1, -0.05) is 31.2 Å². The van der Waals surface area contributed by atoms with Gasteiger partial charge in [-0.15, -0.1) is 0 Å². The van der Waals surface area contributed by atoms with Crippen molar-refractivity contribution >= 4 is 5.78 Å². The molecule has 1 aliphatic heterocycles. The molecule has 0 aliphatic carbocycles. The molecule has 0 fully saturated rings. The largest absolute Gasteiger partial charge is 0.494 e. The first-order chi connectivity index (χ1) is 11.3. The molecular weight excluding hydrogens is 286 g/mol. The van der Waals surface area contributed by atoms with Gasteiger partial charge in [0.25, 0.3) is 0 Å². The topological polar surface area (TPSA) is 29.5 Å². The predicted octanol–water partition coefficient (Wildman–Crippen LogP) is 3.72. The van der Waals surface area contributed by atoms with Gasteiger partial charge in [-0.2, -0.15) is 0 Å². The molecule has 0 N–H and O–H groups in total. The molecule has 0 bridgehead atoms. The number of hydrogen-bond acceptors (Lipinski definition) is 3. The lowest BCUT2D eigenvalue weighted by Crippen LogP contribution is -2.34. The minimum Gasteiger partial charge on any atom is -0.494 e. The average Bonchev–Trinajstić information content (AvgIpc) is 2.60. The molecule has 0 spiro atoms. The highest BCUT2D eigenvalue weighted by Gasteiger charge is 2.18. The number of rotatable bonds is 6. The number of benzene rings is 2. The minimum atomic E-state index is 0.173. The van der Waals surface area contributed by atoms with Gasteiger partial charge in [0.2, 0.25) is 0 Å². The fourth-order valence-electron chi connectivity index (χ4n) is 2.94. The Kier molecular flexibility index (Phi) is 5.09. The van der Waals surface area contributed by atoms with E-state index in [1.54, 1.807) is 0 Å². The van der Waals surface area contributed by atoms with Gasteiger partial charge in [0.05, 0.1) is 13.2 Å². The van der Waals surface area contributed by atoms with Gasteiger partial charge in [-0.3, -0.25) is 9.69 Å². The van der Waals surface area contributed by atoms with E-state index in [2.05, 4.69) is 36.1 Å². The second-order valence-corrected chi connectivity index (χ2v) is 6.03. The van der Waals surface area contributed by atoms with Gasteiger partial charge in [-0.05, 0) is 48.2 Å². The number of nitrogens with zero attached hydrogens (tertiary/aromatic N) is 1. The monoisotopic (exact) mass is 309 g/mol. The summed E-state index contributed by atoms with van der Waals surface area (Å²) in [5.41, 5.74) is 3.51. The van der Waals surface area contributed by atoms with Gasteiger partial charge in [0.1, 0.15) is 5.75 Å². The summed E-state index contributed by atoms with van der Waals surface area (Å²) in [6, 6.07) is 16.0. The second kappa shape index (κ2) is 7.42. The number of hydrogen-bond donors (Lipinski definition) is 0. The van der Waals surface area contributed by atoms with Crippen LogP contribution in [-0.2, 0) is 13.0 Å². The van der Waals surface area contributed by atoms with Crippen LogP contribution in [0.4, 0.5) is 0 Å². The van der Waals surface area contributed by atoms with E-state index < -0.39 is 0 Å². The maximum Gasteiger partial charge on any atom is 0.176 e. The van der Waals surface area contributed by atoms with Crippen molar-refractivity contribution in [1.82, 2.24) is 4.90 Å². The van der Waals surface area contributed by atoms with Gasteiger partial charge in [-0.25, -0.2) is 0 Å². The molecule has 0 unspecified atom stereocenters. The number of ether oxygens (including phenoxy) is 1. The van der Waals surface area contributed by atoms with Crippen molar-refractivity contribution in [3.8, 4) is 5.75 Å². The van der Waals surface area contributed by atoms with Gasteiger partial charge in [0.15, 0.2) is 5.78 Å². The number of fused-ring (bicyclic) bond motifs is 1. The Labute approximate surface area is 137 Å². The second-order valence-electron chi connectivity index (χ2n) is 6.03. The summed E-state index contributed by atoms with van der Waals surface area (Å²) < 4.78 is 5.56. The molecule has 1 aliphatic rings. The van der Waals surface area contributed by atoms with E-state index >= 15 is 0 Å². The van der Waals surface area contributed by atoms with E-state index in [4.69, 9.17) is 4.74 Å². The molecule has 0 atom stereocenters. The lowest BCUT2D eigenvalue weighted by molar-refractivity contribution is 0.0921. The quantitative estimate of drug-likeness (QED) is 0.762. The SMILES string of the molecule is CCCOc1ccc(C(=O)CN2CCc3ccccc3C2)cc1. The standard InChI is InChI=1S/C20H23NO2/c1-2-13-23-19-9-7-17(8-10-19)20(22)15-21-12-11-16-5-3-4-6-18(16)14-21/h3-10H,2,11-15H2,1H3. The van der Waals surface area contributed by atoms with E-state index in [0.29, 0.717) is 13.2 Å². The van der Waals surface area contributed by atoms with Gasteiger partial charge >= 0.3 is 0 Å². The van der Waals surface area contributed by atoms with E-state index in [9.17, 15) is 4.79 Å². The molecule has 23 heavy (non-hydrogen) atoms. The molecule has 0 saturated carbocycles. The molecule has 3 nitrogen and oxygen atoms in total. The average molecular weight is 309 g/mol. The highest BCUT2D eigenvalue weighted by atomic mass is 16.5. The zero-order chi connectivity index (χ0) is 16.1. The van der Waals surface area contributed by atoms with Crippen LogP contribution in [-0.4, -0.2) is 30.4 Å². The first kappa shape index (κ1) is 15.8. The summed E-state index contributed by atoms with van der Waals surface area (Å²) in [5.74, 6) is 1.00. The Morgan fingerprint density at radius 2 is 1.83 bits per heavy atom. The van der Waals surface area contributed by atoms with Gasteiger partial charge in [0, 0.05) is 18.7 Å². The molecule has 2 aromatic rings. The molecule has 0 saturated heterocycles. The molecule has 0 amide bonds. The summed E-state index contributed by atoms with van der Waals surface area (Å²) in [6.45, 7) is 5.07. The van der Waals surface area contributed by atoms with Crippen LogP contribution in [0, 0.1) is 0 Å². The Morgan fingerprint density at radius 3 is 2.57 bits per heavy atom. The van der Waals surface area contributed by atoms with E-state index in [1.807, 2.05) is 24.3 Å². The maximum absolute atomic E-state index is 12.5. The van der Waals surface area contributed by atoms with E-state index in [1.165, 1.54) is 11.1 Å². The van der Waals surface area contributed by atoms with Crippen molar-refractivity contribution in [2.45, 2.75) is 26.3 Å². The van der Waals surface area contributed by atoms with E-state index in [-0.39, 0.29) is 5.78 Å². The molecular formula is C20H23NO2. The summed E-state index contributed by atoms with van der Waals surface area (Å²) in [6.07, 6.45) is 2.00. The maximum atomic E-state index is 12.5. The van der Waals surface area contributed by atoms with Crippen LogP contribution in [0.15, 0.2) is 48.5 Å². The molecule has 0 aromatic heterocycles. The molecule has 3 heteroatoms. The summed E-state index contributed by atoms with van der Waals surface area (Å²) in [5, 5.41) is 0. The highest BCUT2D eigenvalue weighted by molar-refractivity contribution is 5.97. The van der Waals surface area contributed by atoms with E-state index in [0.717, 1.165) is 37.2 Å². The Bertz CT molecular complexity index is 664. The Hall–Kier alpha value is -2.13. The zero-order valence-corrected chi connectivity index (χ0v) is 13.6. The van der Waals surface area contributed by atoms with Crippen molar-refractivity contribution in [3.63, 3.8) is 0 Å². The van der Waals surface area contributed by atoms with Crippen LogP contribution >= 0.6 is 0 Å². The highest BCUT2D eigenvalue weighted by Crippen LogP contribution is 2.19. The number of carbonyl (C=O) groups is 1. The van der Waals surface area contributed by atoms with Crippen LogP contribution in [0.25, 0.3) is 0 Å². The molecule has 1 heterocycles. The number of Topliss-reactive ketones (excluding diaryl/α,β-unsaturated/α-hetero) is 1. The van der Waals surface area contributed by atoms with Gasteiger partial charge < -0.3 is 4.74 Å². The normalized spacial score (nSPS) is 14.3. The lowest BCUT2D eigenvalue weighted by Gasteiger charge is -2.28. The van der Waals surface area contributed by atoms with Crippen molar-refractivity contribution in [3.05, 3.63) is 65.2 Å². The molecule has 0 radical (unpaired) electrons. The summed E-state index contributed by atoms with van der Waals surface area (Å²) in [7, 11) is 0. The Balaban J connectivity index is 1.59. The molecule has 3 rings (SSSR count). The first-order valence-electron chi connectivity index (χ1n) is 8.31. The third kappa shape index (κ3) is 3.99. The summed E-state index contributed by atoms with van der Waals surface area (Å²) in [4.78, 5) is 14.7. The van der Waals surface area contributed by atoms with Crippen LogP contribution in [0.2, 0.25) is 0 Å². The van der Waals surface area contributed by atoms with Crippen LogP contribution in [0.1, 0.15) is 34.8 Å². The van der Waals surface area contributed by atoms with Crippen LogP contribution < -0.4 is 4.74 Å². The van der Waals surface area contributed by atoms with Crippen molar-refractivity contribution in [1.29, 1.82) is 0 Å². The third-order valence-corrected chi connectivity index (χ3v) is 4.23. The number of ketones is 1. The predicted molar refractivity (Wildman–Crippen MR) is 92.0 cm³/mol. The molecule has 120 valence electrons.